The van der Waals surface area contributed by atoms with Crippen molar-refractivity contribution >= 4 is 17.4 Å². The Morgan fingerprint density at radius 1 is 1.03 bits per heavy atom. The second kappa shape index (κ2) is 10.7. The summed E-state index contributed by atoms with van der Waals surface area (Å²) in [6, 6.07) is 14.4. The smallest absolute Gasteiger partial charge is 0.295 e. The van der Waals surface area contributed by atoms with Gasteiger partial charge in [0.2, 0.25) is 0 Å². The van der Waals surface area contributed by atoms with E-state index in [2.05, 4.69) is 20.8 Å². The molecule has 0 spiro atoms. The molecule has 3 rings (SSSR count). The Morgan fingerprint density at radius 3 is 2.33 bits per heavy atom. The third kappa shape index (κ3) is 5.47. The zero-order chi connectivity index (χ0) is 24.1. The molecule has 0 aliphatic carbocycles. The molecule has 33 heavy (non-hydrogen) atoms. The van der Waals surface area contributed by atoms with E-state index >= 15 is 0 Å². The molecule has 1 unspecified atom stereocenters. The number of nitrogens with zero attached hydrogens (tertiary/aromatic N) is 1. The predicted molar refractivity (Wildman–Crippen MR) is 131 cm³/mol. The number of ether oxygens (including phenoxy) is 1. The summed E-state index contributed by atoms with van der Waals surface area (Å²) in [5.41, 5.74) is 2.60. The van der Waals surface area contributed by atoms with Gasteiger partial charge in [-0.3, -0.25) is 9.59 Å². The molecule has 2 aromatic rings. The van der Waals surface area contributed by atoms with Crippen LogP contribution in [0.5, 0.6) is 5.75 Å². The van der Waals surface area contributed by atoms with E-state index in [4.69, 9.17) is 4.74 Å². The second-order valence-electron chi connectivity index (χ2n) is 9.22. The number of benzene rings is 2. The lowest BCUT2D eigenvalue weighted by atomic mass is 9.93. The number of carbonyl (C=O) groups is 2. The molecule has 1 N–H and O–H groups in total. The summed E-state index contributed by atoms with van der Waals surface area (Å²) >= 11 is 0. The fraction of sp³-hybridized carbons (Fsp3) is 0.429. The molecular formula is C28H35NO4. The molecule has 1 aliphatic rings. The average molecular weight is 450 g/mol. The van der Waals surface area contributed by atoms with Crippen molar-refractivity contribution < 1.29 is 19.4 Å². The molecule has 1 atom stereocenters. The summed E-state index contributed by atoms with van der Waals surface area (Å²) in [7, 11) is 0. The third-order valence-electron chi connectivity index (χ3n) is 5.94. The van der Waals surface area contributed by atoms with Gasteiger partial charge < -0.3 is 14.7 Å². The normalized spacial score (nSPS) is 17.9. The van der Waals surface area contributed by atoms with Crippen LogP contribution in [0.15, 0.2) is 54.1 Å². The summed E-state index contributed by atoms with van der Waals surface area (Å²) < 4.78 is 5.75. The van der Waals surface area contributed by atoms with Crippen LogP contribution in [0, 0.1) is 0 Å². The van der Waals surface area contributed by atoms with Gasteiger partial charge in [-0.05, 0) is 49.4 Å². The molecule has 2 aromatic carbocycles. The first-order valence-electron chi connectivity index (χ1n) is 11.9. The van der Waals surface area contributed by atoms with Gasteiger partial charge in [0.25, 0.3) is 11.7 Å². The van der Waals surface area contributed by atoms with Crippen molar-refractivity contribution in [1.82, 2.24) is 4.90 Å². The summed E-state index contributed by atoms with van der Waals surface area (Å²) in [4.78, 5) is 27.8. The SMILES string of the molecule is CCCCCN1C(=O)C(=O)/C(=C(\O)c2cccc(OC(C)C)c2)C1c1ccc(C(C)C)cc1. The van der Waals surface area contributed by atoms with E-state index < -0.39 is 17.7 Å². The van der Waals surface area contributed by atoms with Crippen molar-refractivity contribution in [2.45, 2.75) is 71.9 Å². The first kappa shape index (κ1) is 24.6. The Morgan fingerprint density at radius 2 is 1.73 bits per heavy atom. The zero-order valence-corrected chi connectivity index (χ0v) is 20.3. The monoisotopic (exact) mass is 449 g/mol. The van der Waals surface area contributed by atoms with E-state index in [-0.39, 0.29) is 17.4 Å². The molecule has 5 nitrogen and oxygen atoms in total. The minimum atomic E-state index is -0.642. The quantitative estimate of drug-likeness (QED) is 0.214. The van der Waals surface area contributed by atoms with E-state index in [1.165, 1.54) is 5.56 Å². The lowest BCUT2D eigenvalue weighted by Gasteiger charge is -2.25. The maximum Gasteiger partial charge on any atom is 0.295 e. The number of aliphatic hydroxyl groups is 1. The van der Waals surface area contributed by atoms with Gasteiger partial charge in [-0.2, -0.15) is 0 Å². The number of ketones is 1. The van der Waals surface area contributed by atoms with E-state index in [1.807, 2.05) is 44.2 Å². The van der Waals surface area contributed by atoms with Crippen LogP contribution in [0.3, 0.4) is 0 Å². The Kier molecular flexibility index (Phi) is 7.96. The molecule has 1 aliphatic heterocycles. The fourth-order valence-electron chi connectivity index (χ4n) is 4.20. The fourth-order valence-corrected chi connectivity index (χ4v) is 4.20. The average Bonchev–Trinajstić information content (AvgIpc) is 3.03. The van der Waals surface area contributed by atoms with E-state index in [0.29, 0.717) is 23.8 Å². The van der Waals surface area contributed by atoms with Crippen LogP contribution < -0.4 is 4.74 Å². The minimum absolute atomic E-state index is 0.0222. The van der Waals surface area contributed by atoms with Crippen molar-refractivity contribution in [3.63, 3.8) is 0 Å². The first-order chi connectivity index (χ1) is 15.7. The number of carbonyl (C=O) groups excluding carboxylic acids is 2. The van der Waals surface area contributed by atoms with Crippen LogP contribution in [0.25, 0.3) is 5.76 Å². The predicted octanol–water partition coefficient (Wildman–Crippen LogP) is 6.21. The minimum Gasteiger partial charge on any atom is -0.507 e. The molecule has 0 saturated carbocycles. The molecule has 1 saturated heterocycles. The van der Waals surface area contributed by atoms with Crippen LogP contribution >= 0.6 is 0 Å². The Balaban J connectivity index is 2.09. The van der Waals surface area contributed by atoms with Gasteiger partial charge in [0.05, 0.1) is 17.7 Å². The van der Waals surface area contributed by atoms with Crippen molar-refractivity contribution in [2.24, 2.45) is 0 Å². The van der Waals surface area contributed by atoms with Crippen LogP contribution in [0.1, 0.15) is 82.5 Å². The molecule has 5 heteroatoms. The van der Waals surface area contributed by atoms with E-state index in [0.717, 1.165) is 24.8 Å². The van der Waals surface area contributed by atoms with Gasteiger partial charge in [0.15, 0.2) is 0 Å². The van der Waals surface area contributed by atoms with Gasteiger partial charge >= 0.3 is 0 Å². The molecule has 176 valence electrons. The van der Waals surface area contributed by atoms with E-state index in [9.17, 15) is 14.7 Å². The molecule has 0 radical (unpaired) electrons. The maximum atomic E-state index is 13.1. The number of likely N-dealkylation sites (tertiary alicyclic amines) is 1. The van der Waals surface area contributed by atoms with Gasteiger partial charge in [-0.1, -0.05) is 70.0 Å². The van der Waals surface area contributed by atoms with Gasteiger partial charge in [-0.15, -0.1) is 0 Å². The molecular weight excluding hydrogens is 414 g/mol. The summed E-state index contributed by atoms with van der Waals surface area (Å²) in [5.74, 6) is -0.390. The van der Waals surface area contributed by atoms with Gasteiger partial charge in [0, 0.05) is 12.1 Å². The van der Waals surface area contributed by atoms with Crippen molar-refractivity contribution in [3.05, 3.63) is 70.8 Å². The van der Waals surface area contributed by atoms with Crippen LogP contribution in [0.2, 0.25) is 0 Å². The zero-order valence-electron chi connectivity index (χ0n) is 20.3. The standard InChI is InChI=1S/C28H35NO4/c1-6-7-8-16-29-25(21-14-12-20(13-15-21)18(2)3)24(27(31)28(29)32)26(30)22-10-9-11-23(17-22)33-19(4)5/h9-15,17-19,25,30H,6-8,16H2,1-5H3/b26-24-. The first-order valence-corrected chi connectivity index (χ1v) is 11.9. The lowest BCUT2D eigenvalue weighted by molar-refractivity contribution is -0.139. The third-order valence-corrected chi connectivity index (χ3v) is 5.94. The van der Waals surface area contributed by atoms with E-state index in [1.54, 1.807) is 23.1 Å². The van der Waals surface area contributed by atoms with Crippen LogP contribution in [-0.4, -0.2) is 34.3 Å². The molecule has 1 fully saturated rings. The highest BCUT2D eigenvalue weighted by Crippen LogP contribution is 2.40. The molecule has 1 heterocycles. The van der Waals surface area contributed by atoms with Crippen molar-refractivity contribution in [3.8, 4) is 5.75 Å². The summed E-state index contributed by atoms with van der Waals surface area (Å²) in [5, 5.41) is 11.3. The summed E-state index contributed by atoms with van der Waals surface area (Å²) in [6.45, 7) is 10.7. The number of Topliss-reactive ketones (excluding diaryl/α,β-unsaturated/α-hetero) is 1. The topological polar surface area (TPSA) is 66.8 Å². The molecule has 1 amide bonds. The van der Waals surface area contributed by atoms with Crippen molar-refractivity contribution in [1.29, 1.82) is 0 Å². The summed E-state index contributed by atoms with van der Waals surface area (Å²) in [6.07, 6.45) is 2.77. The largest absolute Gasteiger partial charge is 0.507 e. The van der Waals surface area contributed by atoms with Gasteiger partial charge in [-0.25, -0.2) is 0 Å². The number of rotatable bonds is 9. The highest BCUT2D eigenvalue weighted by atomic mass is 16.5. The number of unbranched alkanes of at least 4 members (excludes halogenated alkanes) is 2. The molecule has 0 bridgehead atoms. The Bertz CT molecular complexity index is 1020. The maximum absolute atomic E-state index is 13.1. The van der Waals surface area contributed by atoms with Crippen molar-refractivity contribution in [2.75, 3.05) is 6.54 Å². The van der Waals surface area contributed by atoms with Crippen LogP contribution in [0.4, 0.5) is 0 Å². The number of aliphatic hydroxyl groups excluding tert-OH is 1. The highest BCUT2D eigenvalue weighted by Gasteiger charge is 2.45. The Hall–Kier alpha value is -3.08. The number of hydrogen-bond donors (Lipinski definition) is 1. The lowest BCUT2D eigenvalue weighted by Crippen LogP contribution is -2.30. The number of amides is 1. The molecule has 0 aromatic heterocycles. The van der Waals surface area contributed by atoms with Gasteiger partial charge in [0.1, 0.15) is 11.5 Å². The highest BCUT2D eigenvalue weighted by molar-refractivity contribution is 6.46. The Labute approximate surface area is 197 Å². The second-order valence-corrected chi connectivity index (χ2v) is 9.22. The number of hydrogen-bond acceptors (Lipinski definition) is 4. The van der Waals surface area contributed by atoms with Crippen LogP contribution in [-0.2, 0) is 9.59 Å².